The second kappa shape index (κ2) is 9.79. The van der Waals surface area contributed by atoms with Crippen molar-refractivity contribution in [1.82, 2.24) is 15.1 Å². The van der Waals surface area contributed by atoms with Gasteiger partial charge in [-0.15, -0.1) is 0 Å². The van der Waals surface area contributed by atoms with Crippen molar-refractivity contribution in [2.24, 2.45) is 0 Å². The van der Waals surface area contributed by atoms with Crippen LogP contribution in [0.25, 0.3) is 0 Å². The van der Waals surface area contributed by atoms with E-state index in [1.54, 1.807) is 42.5 Å². The van der Waals surface area contributed by atoms with Crippen molar-refractivity contribution < 1.29 is 14.4 Å². The van der Waals surface area contributed by atoms with Gasteiger partial charge in [-0.2, -0.15) is 0 Å². The van der Waals surface area contributed by atoms with Crippen molar-refractivity contribution in [3.8, 4) is 0 Å². The molecule has 6 heteroatoms. The summed E-state index contributed by atoms with van der Waals surface area (Å²) in [7, 11) is 4.00. The van der Waals surface area contributed by atoms with Crippen LogP contribution in [-0.4, -0.2) is 54.2 Å². The van der Waals surface area contributed by atoms with Gasteiger partial charge in [0.05, 0.1) is 17.7 Å². The molecule has 6 nitrogen and oxygen atoms in total. The van der Waals surface area contributed by atoms with Crippen molar-refractivity contribution in [3.63, 3.8) is 0 Å². The molecule has 0 unspecified atom stereocenters. The van der Waals surface area contributed by atoms with E-state index in [1.165, 1.54) is 10.5 Å². The van der Waals surface area contributed by atoms with Gasteiger partial charge in [0.25, 0.3) is 17.7 Å². The molecule has 4 rings (SSSR count). The number of rotatable bonds is 8. The number of fused-ring (bicyclic) bond motifs is 1. The van der Waals surface area contributed by atoms with Crippen LogP contribution in [0.3, 0.4) is 0 Å². The van der Waals surface area contributed by atoms with Crippen LogP contribution in [0.5, 0.6) is 0 Å². The molecule has 1 heterocycles. The van der Waals surface area contributed by atoms with Crippen LogP contribution in [-0.2, 0) is 13.0 Å². The number of nitrogens with one attached hydrogen (secondary N) is 1. The minimum absolute atomic E-state index is 0.127. The van der Waals surface area contributed by atoms with Gasteiger partial charge in [0.1, 0.15) is 0 Å². The topological polar surface area (TPSA) is 69.7 Å². The number of nitrogens with zero attached hydrogens (tertiary/aromatic N) is 2. The van der Waals surface area contributed by atoms with E-state index >= 15 is 0 Å². The molecule has 3 aromatic rings. The van der Waals surface area contributed by atoms with Gasteiger partial charge >= 0.3 is 0 Å². The van der Waals surface area contributed by atoms with Crippen molar-refractivity contribution >= 4 is 17.7 Å². The number of carbonyl (C=O) groups is 3. The van der Waals surface area contributed by atoms with Crippen LogP contribution < -0.4 is 5.32 Å². The summed E-state index contributed by atoms with van der Waals surface area (Å²) in [5.74, 6) is -0.792. The molecule has 0 aromatic heterocycles. The van der Waals surface area contributed by atoms with E-state index in [-0.39, 0.29) is 30.3 Å². The molecule has 0 spiro atoms. The number of benzene rings is 3. The van der Waals surface area contributed by atoms with Crippen LogP contribution in [0.4, 0.5) is 0 Å². The van der Waals surface area contributed by atoms with E-state index in [1.807, 2.05) is 38.4 Å². The quantitative estimate of drug-likeness (QED) is 0.544. The first-order chi connectivity index (χ1) is 15.9. The van der Waals surface area contributed by atoms with Gasteiger partial charge < -0.3 is 10.2 Å². The van der Waals surface area contributed by atoms with E-state index < -0.39 is 0 Å². The number of imide groups is 1. The van der Waals surface area contributed by atoms with Gasteiger partial charge in [-0.25, -0.2) is 0 Å². The first-order valence-corrected chi connectivity index (χ1v) is 11.0. The molecule has 1 aliphatic rings. The Hall–Kier alpha value is -3.77. The zero-order chi connectivity index (χ0) is 23.4. The Kier molecular flexibility index (Phi) is 6.66. The number of hydrogen-bond donors (Lipinski definition) is 1. The van der Waals surface area contributed by atoms with Gasteiger partial charge in [-0.05, 0) is 55.9 Å². The fourth-order valence-corrected chi connectivity index (χ4v) is 4.01. The minimum atomic E-state index is -0.305. The number of hydrogen-bond acceptors (Lipinski definition) is 4. The lowest BCUT2D eigenvalue weighted by Crippen LogP contribution is -2.41. The lowest BCUT2D eigenvalue weighted by atomic mass is 10.0. The predicted molar refractivity (Wildman–Crippen MR) is 127 cm³/mol. The van der Waals surface area contributed by atoms with Crippen molar-refractivity contribution in [3.05, 3.63) is 107 Å². The highest BCUT2D eigenvalue weighted by Crippen LogP contribution is 2.24. The summed E-state index contributed by atoms with van der Waals surface area (Å²) < 4.78 is 0. The Morgan fingerprint density at radius 2 is 1.45 bits per heavy atom. The zero-order valence-corrected chi connectivity index (χ0v) is 18.8. The molecular weight excluding hydrogens is 414 g/mol. The van der Waals surface area contributed by atoms with Gasteiger partial charge in [0.15, 0.2) is 0 Å². The minimum Gasteiger partial charge on any atom is -0.350 e. The Bertz CT molecular complexity index is 1140. The van der Waals surface area contributed by atoms with E-state index in [0.717, 1.165) is 12.0 Å². The van der Waals surface area contributed by atoms with E-state index in [9.17, 15) is 14.4 Å². The number of amides is 3. The third kappa shape index (κ3) is 5.02. The first kappa shape index (κ1) is 22.4. The maximum absolute atomic E-state index is 12.8. The SMILES string of the molecule is CN(C)[C@H](CNC(=O)c1cccc(CN2C(=O)c3ccccc3C2=O)c1)Cc1ccccc1. The third-order valence-corrected chi connectivity index (χ3v) is 5.95. The molecule has 0 saturated carbocycles. The van der Waals surface area contributed by atoms with Crippen molar-refractivity contribution in [2.75, 3.05) is 20.6 Å². The second-order valence-electron chi connectivity index (χ2n) is 8.46. The fourth-order valence-electron chi connectivity index (χ4n) is 4.01. The number of likely N-dealkylation sites (N-methyl/N-ethyl adjacent to an activating group) is 1. The first-order valence-electron chi connectivity index (χ1n) is 11.0. The van der Waals surface area contributed by atoms with Gasteiger partial charge in [0, 0.05) is 18.2 Å². The largest absolute Gasteiger partial charge is 0.350 e. The van der Waals surface area contributed by atoms with E-state index in [4.69, 9.17) is 0 Å². The Balaban J connectivity index is 1.41. The average molecular weight is 442 g/mol. The molecule has 0 radical (unpaired) electrons. The standard InChI is InChI=1S/C27H27N3O3/c1-29(2)22(16-19-9-4-3-5-10-19)17-28-25(31)21-12-8-11-20(15-21)18-30-26(32)23-13-6-7-14-24(23)27(30)33/h3-15,22H,16-18H2,1-2H3,(H,28,31)/t22-/m0/s1. The summed E-state index contributed by atoms with van der Waals surface area (Å²) in [6.45, 7) is 0.630. The molecule has 3 aromatic carbocycles. The van der Waals surface area contributed by atoms with Gasteiger partial charge in [-0.1, -0.05) is 54.6 Å². The van der Waals surface area contributed by atoms with Crippen LogP contribution in [0, 0.1) is 0 Å². The van der Waals surface area contributed by atoms with Crippen molar-refractivity contribution in [1.29, 1.82) is 0 Å². The van der Waals surface area contributed by atoms with Crippen molar-refractivity contribution in [2.45, 2.75) is 19.0 Å². The van der Waals surface area contributed by atoms with E-state index in [2.05, 4.69) is 22.3 Å². The summed E-state index contributed by atoms with van der Waals surface area (Å²) in [5, 5.41) is 3.03. The molecule has 3 amide bonds. The Morgan fingerprint density at radius 1 is 0.848 bits per heavy atom. The normalized spacial score (nSPS) is 13.8. The highest BCUT2D eigenvalue weighted by atomic mass is 16.2. The molecule has 168 valence electrons. The molecule has 1 aliphatic heterocycles. The van der Waals surface area contributed by atoms with Crippen LogP contribution in [0.1, 0.15) is 42.2 Å². The number of carbonyl (C=O) groups excluding carboxylic acids is 3. The summed E-state index contributed by atoms with van der Waals surface area (Å²) in [5.41, 5.74) is 3.29. The maximum Gasteiger partial charge on any atom is 0.261 e. The van der Waals surface area contributed by atoms with Crippen LogP contribution >= 0.6 is 0 Å². The summed E-state index contributed by atoms with van der Waals surface area (Å²) >= 11 is 0. The Labute approximate surface area is 193 Å². The molecule has 0 saturated heterocycles. The molecular formula is C27H27N3O3. The van der Waals surface area contributed by atoms with Gasteiger partial charge in [0.2, 0.25) is 0 Å². The van der Waals surface area contributed by atoms with Gasteiger partial charge in [-0.3, -0.25) is 19.3 Å². The highest BCUT2D eigenvalue weighted by Gasteiger charge is 2.35. The molecule has 0 aliphatic carbocycles. The average Bonchev–Trinajstić information content (AvgIpc) is 3.07. The maximum atomic E-state index is 12.8. The van der Waals surface area contributed by atoms with E-state index in [0.29, 0.717) is 23.2 Å². The smallest absolute Gasteiger partial charge is 0.261 e. The summed E-state index contributed by atoms with van der Waals surface area (Å²) in [4.78, 5) is 41.5. The highest BCUT2D eigenvalue weighted by molar-refractivity contribution is 6.21. The molecule has 33 heavy (non-hydrogen) atoms. The van der Waals surface area contributed by atoms with Crippen LogP contribution in [0.2, 0.25) is 0 Å². The lowest BCUT2D eigenvalue weighted by molar-refractivity contribution is 0.0642. The Morgan fingerprint density at radius 3 is 2.09 bits per heavy atom. The fraction of sp³-hybridized carbons (Fsp3) is 0.222. The molecule has 0 fully saturated rings. The predicted octanol–water partition coefficient (Wildman–Crippen LogP) is 3.39. The lowest BCUT2D eigenvalue weighted by Gasteiger charge is -2.25. The third-order valence-electron chi connectivity index (χ3n) is 5.95. The van der Waals surface area contributed by atoms with Crippen LogP contribution in [0.15, 0.2) is 78.9 Å². The molecule has 0 bridgehead atoms. The monoisotopic (exact) mass is 441 g/mol. The second-order valence-corrected chi connectivity index (χ2v) is 8.46. The molecule has 1 N–H and O–H groups in total. The summed E-state index contributed by atoms with van der Waals surface area (Å²) in [6.07, 6.45) is 0.827. The molecule has 1 atom stereocenters. The zero-order valence-electron chi connectivity index (χ0n) is 18.8. The summed E-state index contributed by atoms with van der Waals surface area (Å²) in [6, 6.07) is 24.2.